The molecule has 0 aromatic heterocycles. The van der Waals surface area contributed by atoms with Crippen molar-refractivity contribution in [2.24, 2.45) is 0 Å². The largest absolute Gasteiger partial charge is 2.00 e. The van der Waals surface area contributed by atoms with Crippen LogP contribution in [-0.4, -0.2) is 22.4 Å². The molecule has 0 atom stereocenters. The van der Waals surface area contributed by atoms with Crippen LogP contribution in [0, 0.1) is 0 Å². The van der Waals surface area contributed by atoms with Crippen LogP contribution in [0.3, 0.4) is 0 Å². The topological polar surface area (TPSA) is 89.2 Å². The van der Waals surface area contributed by atoms with Gasteiger partial charge in [-0.2, -0.15) is 0 Å². The van der Waals surface area contributed by atoms with Gasteiger partial charge in [0.15, 0.2) is 0 Å². The van der Waals surface area contributed by atoms with Crippen molar-refractivity contribution in [2.75, 3.05) is 0 Å². The van der Waals surface area contributed by atoms with Gasteiger partial charge < -0.3 is 20.5 Å². The molecule has 32 valence electrons. The molecule has 0 saturated carbocycles. The first-order valence-electron chi connectivity index (χ1n) is 0.775. The van der Waals surface area contributed by atoms with Crippen molar-refractivity contribution < 1.29 is 47.8 Å². The van der Waals surface area contributed by atoms with E-state index >= 15 is 0 Å². The van der Waals surface area contributed by atoms with E-state index in [1.165, 1.54) is 0 Å². The van der Waals surface area contributed by atoms with E-state index in [4.69, 9.17) is 15.1 Å². The average molecular weight is 190 g/mol. The molecule has 6 heavy (non-hydrogen) atoms. The standard InChI is InChI=1S/BH3O3.Cd.O/c2-1(3)4;;/h2-4H;;/q;+2;-2. The van der Waals surface area contributed by atoms with Crippen LogP contribution in [0.25, 0.3) is 0 Å². The van der Waals surface area contributed by atoms with Gasteiger partial charge in [-0.05, 0) is 0 Å². The third-order valence-electron chi connectivity index (χ3n) is 0. The maximum absolute atomic E-state index is 7.17. The molecule has 0 unspecified atom stereocenters. The van der Waals surface area contributed by atoms with Crippen molar-refractivity contribution in [3.63, 3.8) is 0 Å². The summed E-state index contributed by atoms with van der Waals surface area (Å²) in [7, 11) is -2.17. The molecule has 4 nitrogen and oxygen atoms in total. The zero-order valence-corrected chi connectivity index (χ0v) is 7.07. The van der Waals surface area contributed by atoms with Gasteiger partial charge in [-0.25, -0.2) is 0 Å². The van der Waals surface area contributed by atoms with Crippen LogP contribution in [-0.2, 0) is 32.8 Å². The summed E-state index contributed by atoms with van der Waals surface area (Å²) in [4.78, 5) is 0. The maximum Gasteiger partial charge on any atom is 2.00 e. The zero-order valence-electron chi connectivity index (χ0n) is 3.03. The minimum absolute atomic E-state index is 0. The molecule has 6 heteroatoms. The first-order valence-corrected chi connectivity index (χ1v) is 0.775. The quantitative estimate of drug-likeness (QED) is 0.380. The van der Waals surface area contributed by atoms with E-state index in [-0.39, 0.29) is 32.8 Å². The molecule has 0 bridgehead atoms. The van der Waals surface area contributed by atoms with Crippen molar-refractivity contribution in [1.82, 2.24) is 0 Å². The second-order valence-electron chi connectivity index (χ2n) is 0.346. The van der Waals surface area contributed by atoms with Gasteiger partial charge in [-0.3, -0.25) is 0 Å². The molecule has 0 rings (SSSR count). The summed E-state index contributed by atoms with van der Waals surface area (Å²) in [6.45, 7) is 0. The first kappa shape index (κ1) is 15.8. The van der Waals surface area contributed by atoms with Crippen molar-refractivity contribution in [1.29, 1.82) is 0 Å². The Morgan fingerprint density at radius 3 is 1.00 bits per heavy atom. The van der Waals surface area contributed by atoms with E-state index in [1.54, 1.807) is 0 Å². The SMILES string of the molecule is OB(O)O.[Cd+2].[O-2]. The Labute approximate surface area is 55.4 Å². The number of rotatable bonds is 0. The molecule has 0 heterocycles. The Kier molecular flexibility index (Phi) is 24.5. The summed E-state index contributed by atoms with van der Waals surface area (Å²) in [5.41, 5.74) is 0. The van der Waals surface area contributed by atoms with Gasteiger partial charge in [0.2, 0.25) is 0 Å². The molecular weight excluding hydrogens is 187 g/mol. The fraction of sp³-hybridized carbons (Fsp3) is 0. The fourth-order valence-electron chi connectivity index (χ4n) is 0. The van der Waals surface area contributed by atoms with Crippen LogP contribution in [0.2, 0.25) is 0 Å². The van der Waals surface area contributed by atoms with Gasteiger partial charge in [0.1, 0.15) is 0 Å². The van der Waals surface area contributed by atoms with Crippen LogP contribution in [0.5, 0.6) is 0 Å². The molecule has 0 spiro atoms. The molecule has 0 radical (unpaired) electrons. The minimum Gasteiger partial charge on any atom is -2.00 e. The monoisotopic (exact) mass is 192 g/mol. The Bertz CT molecular complexity index is 12.3. The van der Waals surface area contributed by atoms with Gasteiger partial charge in [0, 0.05) is 0 Å². The normalized spacial score (nSPS) is 4.50. The Morgan fingerprint density at radius 1 is 1.00 bits per heavy atom. The summed E-state index contributed by atoms with van der Waals surface area (Å²) < 4.78 is 0. The molecule has 0 aliphatic heterocycles. The summed E-state index contributed by atoms with van der Waals surface area (Å²) in [5, 5.41) is 21.5. The molecule has 0 aliphatic rings. The summed E-state index contributed by atoms with van der Waals surface area (Å²) in [6.07, 6.45) is 0. The first-order chi connectivity index (χ1) is 1.73. The number of hydrogen-bond donors (Lipinski definition) is 3. The second kappa shape index (κ2) is 9.27. The van der Waals surface area contributed by atoms with E-state index in [0.29, 0.717) is 0 Å². The fourth-order valence-corrected chi connectivity index (χ4v) is 0. The van der Waals surface area contributed by atoms with Gasteiger partial charge in [0.05, 0.1) is 0 Å². The van der Waals surface area contributed by atoms with Crippen LogP contribution in [0.4, 0.5) is 0 Å². The summed E-state index contributed by atoms with van der Waals surface area (Å²) in [5.74, 6) is 0. The number of hydrogen-bond acceptors (Lipinski definition) is 3. The van der Waals surface area contributed by atoms with Crippen molar-refractivity contribution >= 4 is 7.32 Å². The molecule has 3 N–H and O–H groups in total. The molecule has 0 aliphatic carbocycles. The summed E-state index contributed by atoms with van der Waals surface area (Å²) in [6, 6.07) is 0. The van der Waals surface area contributed by atoms with Gasteiger partial charge in [0.25, 0.3) is 0 Å². The van der Waals surface area contributed by atoms with Crippen LogP contribution >= 0.6 is 0 Å². The van der Waals surface area contributed by atoms with Crippen LogP contribution in [0.1, 0.15) is 0 Å². The van der Waals surface area contributed by atoms with Gasteiger partial charge in [-0.1, -0.05) is 0 Å². The van der Waals surface area contributed by atoms with Crippen molar-refractivity contribution in [2.45, 2.75) is 0 Å². The Morgan fingerprint density at radius 2 is 1.00 bits per heavy atom. The molecule has 0 aromatic carbocycles. The predicted octanol–water partition coefficient (Wildman–Crippen LogP) is -2.17. The smallest absolute Gasteiger partial charge is 2.00 e. The molecule has 0 aromatic rings. The molecular formula is H3BCdO4. The Hall–Kier alpha value is 0.827. The van der Waals surface area contributed by atoms with E-state index in [1.807, 2.05) is 0 Å². The molecule has 0 saturated heterocycles. The summed E-state index contributed by atoms with van der Waals surface area (Å²) >= 11 is 0. The van der Waals surface area contributed by atoms with Crippen LogP contribution < -0.4 is 0 Å². The van der Waals surface area contributed by atoms with Gasteiger partial charge >= 0.3 is 34.6 Å². The third-order valence-corrected chi connectivity index (χ3v) is 0. The Balaban J connectivity index is -0.0000000450. The molecule has 0 fully saturated rings. The minimum atomic E-state index is -2.17. The molecule has 0 amide bonds. The van der Waals surface area contributed by atoms with Crippen molar-refractivity contribution in [3.05, 3.63) is 0 Å². The zero-order chi connectivity index (χ0) is 3.58. The van der Waals surface area contributed by atoms with Crippen molar-refractivity contribution in [3.8, 4) is 0 Å². The van der Waals surface area contributed by atoms with E-state index in [0.717, 1.165) is 0 Å². The predicted molar refractivity (Wildman–Crippen MR) is 13.1 cm³/mol. The third kappa shape index (κ3) is 103. The van der Waals surface area contributed by atoms with Crippen LogP contribution in [0.15, 0.2) is 0 Å². The van der Waals surface area contributed by atoms with E-state index in [2.05, 4.69) is 0 Å². The van der Waals surface area contributed by atoms with E-state index in [9.17, 15) is 0 Å². The van der Waals surface area contributed by atoms with E-state index < -0.39 is 7.32 Å². The van der Waals surface area contributed by atoms with Gasteiger partial charge in [-0.15, -0.1) is 0 Å². The average Bonchev–Trinajstić information content (AvgIpc) is 0.811. The maximum atomic E-state index is 7.17. The second-order valence-corrected chi connectivity index (χ2v) is 0.346.